The zero-order valence-corrected chi connectivity index (χ0v) is 19.7. The lowest BCUT2D eigenvalue weighted by molar-refractivity contribution is 0.0896. The Bertz CT molecular complexity index is 1040. The molecule has 0 amide bonds. The molecule has 1 aromatic carbocycles. The van der Waals surface area contributed by atoms with Gasteiger partial charge in [0.05, 0.1) is 14.2 Å². The lowest BCUT2D eigenvalue weighted by atomic mass is 10.0. The number of fused-ring (bicyclic) bond motifs is 1. The summed E-state index contributed by atoms with van der Waals surface area (Å²) in [6, 6.07) is 9.68. The topological polar surface area (TPSA) is 62.6 Å². The molecule has 0 atom stereocenters. The van der Waals surface area contributed by atoms with Gasteiger partial charge < -0.3 is 18.8 Å². The van der Waals surface area contributed by atoms with E-state index in [0.717, 1.165) is 11.4 Å². The number of methoxy groups -OCH3 is 2. The third-order valence-corrected chi connectivity index (χ3v) is 6.69. The Morgan fingerprint density at radius 2 is 1.77 bits per heavy atom. The average molecular weight is 447 g/mol. The van der Waals surface area contributed by atoms with E-state index in [-0.39, 0.29) is 5.78 Å². The van der Waals surface area contributed by atoms with Crippen LogP contribution in [0.4, 0.5) is 0 Å². The van der Waals surface area contributed by atoms with Gasteiger partial charge >= 0.3 is 0 Å². The molecule has 3 aromatic rings. The standard InChI is InChI=1S/C22H27ClN2O4Si/c1-27-16-10-15(11-17(12-16)28-2)21(26)19-13-25(14-29-8-9-30(3,4)5)22-18(19)6-7-20(23)24-22/h6-7,10-13H,8-9,14H2,1-5H3. The van der Waals surface area contributed by atoms with Gasteiger partial charge in [-0.3, -0.25) is 4.79 Å². The quantitative estimate of drug-likeness (QED) is 0.194. The Balaban J connectivity index is 1.95. The highest BCUT2D eigenvalue weighted by Gasteiger charge is 2.20. The number of nitrogens with zero attached hydrogens (tertiary/aromatic N) is 2. The monoisotopic (exact) mass is 446 g/mol. The zero-order valence-electron chi connectivity index (χ0n) is 18.0. The molecule has 8 heteroatoms. The van der Waals surface area contributed by atoms with E-state index in [1.165, 1.54) is 0 Å². The number of aromatic nitrogens is 2. The molecule has 3 rings (SSSR count). The molecule has 30 heavy (non-hydrogen) atoms. The van der Waals surface area contributed by atoms with E-state index in [2.05, 4.69) is 24.6 Å². The highest BCUT2D eigenvalue weighted by Crippen LogP contribution is 2.28. The molecule has 0 aliphatic rings. The molecule has 2 heterocycles. The number of benzene rings is 1. The number of hydrogen-bond donors (Lipinski definition) is 0. The van der Waals surface area contributed by atoms with Crippen LogP contribution in [0.5, 0.6) is 11.5 Å². The van der Waals surface area contributed by atoms with Gasteiger partial charge in [-0.15, -0.1) is 0 Å². The minimum Gasteiger partial charge on any atom is -0.497 e. The van der Waals surface area contributed by atoms with Crippen molar-refractivity contribution in [1.82, 2.24) is 9.55 Å². The summed E-state index contributed by atoms with van der Waals surface area (Å²) in [6.07, 6.45) is 1.77. The molecule has 6 nitrogen and oxygen atoms in total. The average Bonchev–Trinajstić information content (AvgIpc) is 3.07. The summed E-state index contributed by atoms with van der Waals surface area (Å²) < 4.78 is 18.3. The van der Waals surface area contributed by atoms with Crippen molar-refractivity contribution in [2.75, 3.05) is 20.8 Å². The summed E-state index contributed by atoms with van der Waals surface area (Å²) in [4.78, 5) is 17.8. The van der Waals surface area contributed by atoms with Crippen LogP contribution in [-0.2, 0) is 11.5 Å². The Labute approximate surface area is 182 Å². The SMILES string of the molecule is COc1cc(OC)cc(C(=O)c2cn(COCC[Si](C)(C)C)c3nc(Cl)ccc23)c1. The summed E-state index contributed by atoms with van der Waals surface area (Å²) in [6.45, 7) is 7.90. The highest BCUT2D eigenvalue weighted by atomic mass is 35.5. The van der Waals surface area contributed by atoms with Gasteiger partial charge in [-0.25, -0.2) is 4.98 Å². The van der Waals surface area contributed by atoms with Crippen LogP contribution in [0, 0.1) is 0 Å². The van der Waals surface area contributed by atoms with Crippen molar-refractivity contribution < 1.29 is 19.0 Å². The second kappa shape index (κ2) is 9.20. The van der Waals surface area contributed by atoms with Crippen molar-refractivity contribution in [1.29, 1.82) is 0 Å². The lowest BCUT2D eigenvalue weighted by Crippen LogP contribution is -2.22. The molecule has 0 unspecified atom stereocenters. The molecule has 0 bridgehead atoms. The Hall–Kier alpha value is -2.35. The van der Waals surface area contributed by atoms with E-state index in [1.807, 2.05) is 10.6 Å². The highest BCUT2D eigenvalue weighted by molar-refractivity contribution is 6.76. The molecule has 0 aliphatic heterocycles. The molecule has 0 aliphatic carbocycles. The number of rotatable bonds is 9. The lowest BCUT2D eigenvalue weighted by Gasteiger charge is -2.15. The number of ether oxygens (including phenoxy) is 3. The number of carbonyl (C=O) groups excluding carboxylic acids is 1. The Kier molecular flexibility index (Phi) is 6.85. The maximum absolute atomic E-state index is 13.3. The van der Waals surface area contributed by atoms with E-state index in [1.54, 1.807) is 44.7 Å². The molecular weight excluding hydrogens is 420 g/mol. The first kappa shape index (κ1) is 22.3. The minimum absolute atomic E-state index is 0.151. The molecule has 0 saturated heterocycles. The van der Waals surface area contributed by atoms with Crippen LogP contribution in [0.3, 0.4) is 0 Å². The summed E-state index contributed by atoms with van der Waals surface area (Å²) in [5.74, 6) is 0.955. The molecule has 0 fully saturated rings. The van der Waals surface area contributed by atoms with Crippen molar-refractivity contribution in [2.24, 2.45) is 0 Å². The Morgan fingerprint density at radius 3 is 2.37 bits per heavy atom. The first-order valence-corrected chi connectivity index (χ1v) is 13.8. The minimum atomic E-state index is -1.18. The van der Waals surface area contributed by atoms with Crippen LogP contribution >= 0.6 is 11.6 Å². The fourth-order valence-electron chi connectivity index (χ4n) is 3.06. The van der Waals surface area contributed by atoms with Crippen LogP contribution in [0.15, 0.2) is 36.5 Å². The maximum atomic E-state index is 13.3. The van der Waals surface area contributed by atoms with Gasteiger partial charge in [0.1, 0.15) is 29.0 Å². The molecule has 2 aromatic heterocycles. The summed E-state index contributed by atoms with van der Waals surface area (Å²) in [5.41, 5.74) is 1.62. The smallest absolute Gasteiger partial charge is 0.195 e. The molecule has 0 N–H and O–H groups in total. The molecule has 0 saturated carbocycles. The van der Waals surface area contributed by atoms with Gasteiger partial charge in [0.25, 0.3) is 0 Å². The normalized spacial score (nSPS) is 11.7. The second-order valence-corrected chi connectivity index (χ2v) is 14.3. The van der Waals surface area contributed by atoms with E-state index in [9.17, 15) is 4.79 Å². The van der Waals surface area contributed by atoms with Crippen LogP contribution < -0.4 is 9.47 Å². The number of ketones is 1. The van der Waals surface area contributed by atoms with Crippen molar-refractivity contribution in [3.05, 3.63) is 52.8 Å². The third-order valence-electron chi connectivity index (χ3n) is 4.77. The van der Waals surface area contributed by atoms with E-state index < -0.39 is 8.07 Å². The first-order valence-electron chi connectivity index (χ1n) is 9.73. The van der Waals surface area contributed by atoms with Gasteiger partial charge in [-0.1, -0.05) is 31.2 Å². The molecule has 160 valence electrons. The summed E-state index contributed by atoms with van der Waals surface area (Å²) >= 11 is 6.12. The largest absolute Gasteiger partial charge is 0.497 e. The predicted octanol–water partition coefficient (Wildman–Crippen LogP) is 5.25. The fourth-order valence-corrected chi connectivity index (χ4v) is 3.96. The molecular formula is C22H27ClN2O4Si. The van der Waals surface area contributed by atoms with Crippen LogP contribution in [0.2, 0.25) is 30.8 Å². The number of pyridine rings is 1. The van der Waals surface area contributed by atoms with Crippen molar-refractivity contribution >= 4 is 36.5 Å². The number of carbonyl (C=O) groups is 1. The van der Waals surface area contributed by atoms with Crippen LogP contribution in [-0.4, -0.2) is 44.2 Å². The van der Waals surface area contributed by atoms with Crippen LogP contribution in [0.1, 0.15) is 15.9 Å². The summed E-state index contributed by atoms with van der Waals surface area (Å²) in [5, 5.41) is 1.09. The molecule has 0 spiro atoms. The van der Waals surface area contributed by atoms with E-state index in [0.29, 0.717) is 46.8 Å². The maximum Gasteiger partial charge on any atom is 0.195 e. The van der Waals surface area contributed by atoms with Gasteiger partial charge in [-0.2, -0.15) is 0 Å². The Morgan fingerprint density at radius 1 is 1.10 bits per heavy atom. The zero-order chi connectivity index (χ0) is 21.9. The summed E-state index contributed by atoms with van der Waals surface area (Å²) in [7, 11) is 1.93. The van der Waals surface area contributed by atoms with E-state index in [4.69, 9.17) is 25.8 Å². The second-order valence-electron chi connectivity index (χ2n) is 8.30. The number of hydrogen-bond acceptors (Lipinski definition) is 5. The third kappa shape index (κ3) is 5.22. The fraction of sp³-hybridized carbons (Fsp3) is 0.364. The predicted molar refractivity (Wildman–Crippen MR) is 122 cm³/mol. The van der Waals surface area contributed by atoms with E-state index >= 15 is 0 Å². The van der Waals surface area contributed by atoms with Crippen molar-refractivity contribution in [3.8, 4) is 11.5 Å². The van der Waals surface area contributed by atoms with Gasteiger partial charge in [0, 0.05) is 43.5 Å². The van der Waals surface area contributed by atoms with Crippen molar-refractivity contribution in [2.45, 2.75) is 32.4 Å². The first-order chi connectivity index (χ1) is 14.2. The number of halogens is 1. The van der Waals surface area contributed by atoms with Crippen LogP contribution in [0.25, 0.3) is 11.0 Å². The van der Waals surface area contributed by atoms with Gasteiger partial charge in [0.15, 0.2) is 5.78 Å². The van der Waals surface area contributed by atoms with Crippen molar-refractivity contribution in [3.63, 3.8) is 0 Å². The van der Waals surface area contributed by atoms with Gasteiger partial charge in [-0.05, 0) is 30.3 Å². The molecule has 0 radical (unpaired) electrons. The van der Waals surface area contributed by atoms with Gasteiger partial charge in [0.2, 0.25) is 0 Å².